The van der Waals surface area contributed by atoms with Gasteiger partial charge < -0.3 is 10.6 Å². The average molecular weight is 381 g/mol. The Morgan fingerprint density at radius 1 is 0.828 bits per heavy atom. The van der Waals surface area contributed by atoms with Crippen LogP contribution in [0.5, 0.6) is 0 Å². The van der Waals surface area contributed by atoms with Gasteiger partial charge in [0.2, 0.25) is 11.6 Å². The molecule has 0 amide bonds. The first-order valence-electron chi connectivity index (χ1n) is 9.50. The number of amidine groups is 1. The molecule has 0 unspecified atom stereocenters. The minimum absolute atomic E-state index is 0.326. The van der Waals surface area contributed by atoms with Gasteiger partial charge in [0.1, 0.15) is 5.84 Å². The quantitative estimate of drug-likeness (QED) is 0.615. The summed E-state index contributed by atoms with van der Waals surface area (Å²) < 4.78 is 0. The number of benzene rings is 3. The van der Waals surface area contributed by atoms with Crippen LogP contribution in [0.1, 0.15) is 37.4 Å². The minimum atomic E-state index is -1.67. The monoisotopic (exact) mass is 381 g/mol. The molecule has 5 rings (SSSR count). The third-order valence-electron chi connectivity index (χ3n) is 5.49. The number of rotatable bonds is 1. The van der Waals surface area contributed by atoms with Crippen molar-refractivity contribution < 1.29 is 9.59 Å². The molecule has 29 heavy (non-hydrogen) atoms. The Bertz CT molecular complexity index is 1190. The average Bonchev–Trinajstić information content (AvgIpc) is 2.92. The molecule has 0 saturated heterocycles. The maximum absolute atomic E-state index is 13.3. The molecule has 2 N–H and O–H groups in total. The molecule has 0 saturated carbocycles. The van der Waals surface area contributed by atoms with Gasteiger partial charge >= 0.3 is 0 Å². The number of Topliss-reactive ketones (excluding diaryl/α,β-unsaturated/α-hetero) is 2. The Kier molecular flexibility index (Phi) is 3.68. The van der Waals surface area contributed by atoms with Crippen LogP contribution < -0.4 is 10.6 Å². The maximum atomic E-state index is 13.3. The van der Waals surface area contributed by atoms with Gasteiger partial charge in [0.25, 0.3) is 5.66 Å². The van der Waals surface area contributed by atoms with E-state index in [1.807, 2.05) is 50.2 Å². The predicted molar refractivity (Wildman–Crippen MR) is 114 cm³/mol. The van der Waals surface area contributed by atoms with Gasteiger partial charge in [-0.1, -0.05) is 54.1 Å². The first-order valence-corrected chi connectivity index (χ1v) is 9.50. The van der Waals surface area contributed by atoms with E-state index in [-0.39, 0.29) is 11.6 Å². The van der Waals surface area contributed by atoms with Crippen molar-refractivity contribution in [3.8, 4) is 0 Å². The summed E-state index contributed by atoms with van der Waals surface area (Å²) >= 11 is 0. The van der Waals surface area contributed by atoms with E-state index in [0.717, 1.165) is 22.4 Å². The molecule has 0 aromatic heterocycles. The molecule has 1 spiro atoms. The maximum Gasteiger partial charge on any atom is 0.259 e. The number of nitrogens with one attached hydrogen (secondary N) is 2. The van der Waals surface area contributed by atoms with E-state index in [0.29, 0.717) is 22.6 Å². The largest absolute Gasteiger partial charge is 0.348 e. The van der Waals surface area contributed by atoms with Gasteiger partial charge in [-0.05, 0) is 37.6 Å². The Morgan fingerprint density at radius 2 is 1.45 bits per heavy atom. The van der Waals surface area contributed by atoms with Crippen molar-refractivity contribution in [2.75, 3.05) is 10.6 Å². The molecule has 0 fully saturated rings. The van der Waals surface area contributed by atoms with Crippen LogP contribution in [0.3, 0.4) is 0 Å². The first kappa shape index (κ1) is 17.4. The number of nitrogens with zero attached hydrogens (tertiary/aromatic N) is 1. The van der Waals surface area contributed by atoms with E-state index in [2.05, 4.69) is 21.7 Å². The molecule has 0 radical (unpaired) electrons. The highest BCUT2D eigenvalue weighted by molar-refractivity contribution is 6.36. The normalized spacial score (nSPS) is 16.1. The van der Waals surface area contributed by atoms with Gasteiger partial charge in [-0.15, -0.1) is 0 Å². The summed E-state index contributed by atoms with van der Waals surface area (Å²) in [6.45, 7) is 4.05. The highest BCUT2D eigenvalue weighted by Gasteiger charge is 2.55. The molecule has 3 aromatic rings. The number of carbonyl (C=O) groups excluding carboxylic acids is 2. The number of anilines is 2. The van der Waals surface area contributed by atoms with Crippen molar-refractivity contribution in [3.63, 3.8) is 0 Å². The smallest absolute Gasteiger partial charge is 0.259 e. The fourth-order valence-electron chi connectivity index (χ4n) is 4.01. The Hall–Kier alpha value is -3.73. The van der Waals surface area contributed by atoms with Crippen LogP contribution in [-0.4, -0.2) is 23.1 Å². The van der Waals surface area contributed by atoms with Gasteiger partial charge in [0.15, 0.2) is 0 Å². The van der Waals surface area contributed by atoms with Crippen molar-refractivity contribution in [3.05, 3.63) is 94.5 Å². The van der Waals surface area contributed by atoms with Gasteiger partial charge in [-0.3, -0.25) is 9.59 Å². The summed E-state index contributed by atoms with van der Waals surface area (Å²) in [5.41, 5.74) is 3.76. The predicted octanol–water partition coefficient (Wildman–Crippen LogP) is 4.36. The Balaban J connectivity index is 1.67. The van der Waals surface area contributed by atoms with E-state index < -0.39 is 5.66 Å². The fourth-order valence-corrected chi connectivity index (χ4v) is 4.01. The molecule has 5 heteroatoms. The van der Waals surface area contributed by atoms with Crippen LogP contribution in [0.25, 0.3) is 0 Å². The SMILES string of the molecule is Cc1ccc(NC2=NC3(Nc4ccccc42)C(=O)c2ccccc2C3=O)c(C)c1. The lowest BCUT2D eigenvalue weighted by atomic mass is 9.99. The highest BCUT2D eigenvalue weighted by Crippen LogP contribution is 2.38. The number of aryl methyl sites for hydroxylation is 2. The van der Waals surface area contributed by atoms with Crippen molar-refractivity contribution >= 4 is 28.8 Å². The van der Waals surface area contributed by atoms with E-state index in [9.17, 15) is 9.59 Å². The molecule has 2 aliphatic rings. The molecule has 142 valence electrons. The van der Waals surface area contributed by atoms with E-state index in [1.165, 1.54) is 0 Å². The number of ketones is 2. The molecule has 1 aliphatic carbocycles. The van der Waals surface area contributed by atoms with Crippen LogP contribution >= 0.6 is 0 Å². The second kappa shape index (κ2) is 6.14. The molecule has 0 atom stereocenters. The molecular weight excluding hydrogens is 362 g/mol. The zero-order chi connectivity index (χ0) is 20.2. The Labute approximate surface area is 168 Å². The summed E-state index contributed by atoms with van der Waals surface area (Å²) in [5, 5.41) is 6.49. The van der Waals surface area contributed by atoms with Crippen LogP contribution in [0.2, 0.25) is 0 Å². The van der Waals surface area contributed by atoms with Crippen molar-refractivity contribution in [1.82, 2.24) is 0 Å². The zero-order valence-corrected chi connectivity index (χ0v) is 16.1. The third kappa shape index (κ3) is 2.51. The van der Waals surface area contributed by atoms with Gasteiger partial charge in [-0.25, -0.2) is 4.99 Å². The third-order valence-corrected chi connectivity index (χ3v) is 5.49. The number of hydrogen-bond donors (Lipinski definition) is 2. The lowest BCUT2D eigenvalue weighted by Crippen LogP contribution is -2.51. The Morgan fingerprint density at radius 3 is 2.10 bits per heavy atom. The number of fused-ring (bicyclic) bond motifs is 2. The molecule has 5 nitrogen and oxygen atoms in total. The fraction of sp³-hybridized carbons (Fsp3) is 0.125. The van der Waals surface area contributed by atoms with Crippen LogP contribution in [0.15, 0.2) is 71.7 Å². The summed E-state index contributed by atoms with van der Waals surface area (Å²) in [4.78, 5) is 31.3. The lowest BCUT2D eigenvalue weighted by Gasteiger charge is -2.31. The van der Waals surface area contributed by atoms with Gasteiger partial charge in [0, 0.05) is 28.1 Å². The summed E-state index contributed by atoms with van der Waals surface area (Å²) in [5.74, 6) is -0.152. The first-order chi connectivity index (χ1) is 14.0. The highest BCUT2D eigenvalue weighted by atomic mass is 16.2. The number of aliphatic imine (C=N–C) groups is 1. The zero-order valence-electron chi connectivity index (χ0n) is 16.1. The number of carbonyl (C=O) groups is 2. The second-order valence-electron chi connectivity index (χ2n) is 7.49. The molecular formula is C24H19N3O2. The van der Waals surface area contributed by atoms with E-state index in [1.54, 1.807) is 24.3 Å². The van der Waals surface area contributed by atoms with Crippen LogP contribution in [-0.2, 0) is 0 Å². The van der Waals surface area contributed by atoms with Gasteiger partial charge in [0.05, 0.1) is 0 Å². The number of hydrogen-bond acceptors (Lipinski definition) is 5. The second-order valence-corrected chi connectivity index (χ2v) is 7.49. The standard InChI is InChI=1S/C24H19N3O2/c1-14-11-12-19(15(2)13-14)25-23-18-9-5-6-10-20(18)26-24(27-23)21(28)16-7-3-4-8-17(16)22(24)29/h3-13,26H,1-2H3,(H,25,27). The van der Waals surface area contributed by atoms with E-state index >= 15 is 0 Å². The lowest BCUT2D eigenvalue weighted by molar-refractivity contribution is 0.0826. The van der Waals surface area contributed by atoms with E-state index in [4.69, 9.17) is 0 Å². The van der Waals surface area contributed by atoms with Crippen molar-refractivity contribution in [1.29, 1.82) is 0 Å². The van der Waals surface area contributed by atoms with Crippen LogP contribution in [0.4, 0.5) is 11.4 Å². The molecule has 3 aromatic carbocycles. The topological polar surface area (TPSA) is 70.6 Å². The number of para-hydroxylation sites is 1. The molecule has 1 aliphatic heterocycles. The van der Waals surface area contributed by atoms with Crippen molar-refractivity contribution in [2.45, 2.75) is 19.5 Å². The molecule has 0 bridgehead atoms. The summed E-state index contributed by atoms with van der Waals surface area (Å²) in [6.07, 6.45) is 0. The summed E-state index contributed by atoms with van der Waals surface area (Å²) in [7, 11) is 0. The summed E-state index contributed by atoms with van der Waals surface area (Å²) in [6, 6.07) is 20.5. The van der Waals surface area contributed by atoms with Gasteiger partial charge in [-0.2, -0.15) is 0 Å². The molecule has 1 heterocycles. The van der Waals surface area contributed by atoms with Crippen LogP contribution in [0, 0.1) is 13.8 Å². The minimum Gasteiger partial charge on any atom is -0.348 e. The van der Waals surface area contributed by atoms with Crippen molar-refractivity contribution in [2.24, 2.45) is 4.99 Å².